The van der Waals surface area contributed by atoms with Gasteiger partial charge in [0.05, 0.1) is 19.3 Å². The van der Waals surface area contributed by atoms with Crippen LogP contribution in [0.3, 0.4) is 0 Å². The fourth-order valence-corrected chi connectivity index (χ4v) is 2.97. The van der Waals surface area contributed by atoms with Crippen LogP contribution in [0.1, 0.15) is 35.2 Å². The maximum absolute atomic E-state index is 12.5. The van der Waals surface area contributed by atoms with Crippen molar-refractivity contribution in [2.24, 2.45) is 0 Å². The summed E-state index contributed by atoms with van der Waals surface area (Å²) in [4.78, 5) is 30.0. The predicted molar refractivity (Wildman–Crippen MR) is 113 cm³/mol. The third-order valence-corrected chi connectivity index (χ3v) is 4.66. The van der Waals surface area contributed by atoms with Crippen LogP contribution in [-0.2, 0) is 22.5 Å². The summed E-state index contributed by atoms with van der Waals surface area (Å²) in [5, 5.41) is 3.99. The Labute approximate surface area is 180 Å². The van der Waals surface area contributed by atoms with Crippen LogP contribution in [0, 0.1) is 0 Å². The van der Waals surface area contributed by atoms with Gasteiger partial charge in [-0.3, -0.25) is 4.79 Å². The Morgan fingerprint density at radius 1 is 1.06 bits per heavy atom. The van der Waals surface area contributed by atoms with Crippen molar-refractivity contribution in [3.05, 3.63) is 65.5 Å². The van der Waals surface area contributed by atoms with Gasteiger partial charge in [-0.1, -0.05) is 17.3 Å². The van der Waals surface area contributed by atoms with E-state index in [1.165, 1.54) is 7.11 Å². The van der Waals surface area contributed by atoms with Crippen LogP contribution in [0.15, 0.2) is 53.1 Å². The quantitative estimate of drug-likeness (QED) is 0.486. The number of benzene rings is 2. The highest BCUT2D eigenvalue weighted by atomic mass is 16.5. The highest BCUT2D eigenvalue weighted by Crippen LogP contribution is 2.20. The number of methoxy groups -OCH3 is 1. The van der Waals surface area contributed by atoms with Gasteiger partial charge in [-0.25, -0.2) is 4.79 Å². The second-order valence-electron chi connectivity index (χ2n) is 6.91. The Morgan fingerprint density at radius 3 is 2.42 bits per heavy atom. The Balaban J connectivity index is 1.51. The number of rotatable bonds is 9. The summed E-state index contributed by atoms with van der Waals surface area (Å²) in [5.74, 6) is 1.24. The van der Waals surface area contributed by atoms with Gasteiger partial charge in [0.1, 0.15) is 5.75 Å². The number of hydrogen-bond acceptors (Lipinski definition) is 7. The molecule has 0 aliphatic heterocycles. The monoisotopic (exact) mass is 423 g/mol. The molecule has 0 spiro atoms. The van der Waals surface area contributed by atoms with Gasteiger partial charge in [0.15, 0.2) is 0 Å². The van der Waals surface area contributed by atoms with Gasteiger partial charge in [0.25, 0.3) is 0 Å². The Hall–Kier alpha value is -3.68. The van der Waals surface area contributed by atoms with Crippen molar-refractivity contribution in [1.82, 2.24) is 15.0 Å². The Morgan fingerprint density at radius 2 is 1.77 bits per heavy atom. The summed E-state index contributed by atoms with van der Waals surface area (Å²) >= 11 is 0. The van der Waals surface area contributed by atoms with E-state index in [4.69, 9.17) is 9.26 Å². The molecule has 0 saturated heterocycles. The molecule has 162 valence electrons. The van der Waals surface area contributed by atoms with Gasteiger partial charge < -0.3 is 18.9 Å². The van der Waals surface area contributed by atoms with E-state index in [0.29, 0.717) is 36.9 Å². The van der Waals surface area contributed by atoms with Crippen molar-refractivity contribution in [3.63, 3.8) is 0 Å². The van der Waals surface area contributed by atoms with Crippen LogP contribution in [0.2, 0.25) is 0 Å². The van der Waals surface area contributed by atoms with E-state index in [2.05, 4.69) is 14.9 Å². The lowest BCUT2D eigenvalue weighted by atomic mass is 10.1. The van der Waals surface area contributed by atoms with Gasteiger partial charge in [0.2, 0.25) is 17.6 Å². The number of nitrogens with zero attached hydrogens (tertiary/aromatic N) is 3. The zero-order valence-corrected chi connectivity index (χ0v) is 17.8. The fourth-order valence-electron chi connectivity index (χ4n) is 2.97. The lowest BCUT2D eigenvalue weighted by Gasteiger charge is -2.17. The van der Waals surface area contributed by atoms with Crippen LogP contribution < -0.4 is 4.74 Å². The maximum Gasteiger partial charge on any atom is 0.337 e. The van der Waals surface area contributed by atoms with Crippen LogP contribution in [0.25, 0.3) is 11.4 Å². The average Bonchev–Trinajstić information content (AvgIpc) is 3.27. The lowest BCUT2D eigenvalue weighted by molar-refractivity contribution is -0.130. The largest absolute Gasteiger partial charge is 0.494 e. The van der Waals surface area contributed by atoms with E-state index < -0.39 is 0 Å². The molecule has 0 unspecified atom stereocenters. The highest BCUT2D eigenvalue weighted by molar-refractivity contribution is 5.89. The first-order valence-corrected chi connectivity index (χ1v) is 9.97. The second-order valence-corrected chi connectivity index (χ2v) is 6.91. The molecule has 0 saturated carbocycles. The topological polar surface area (TPSA) is 94.8 Å². The average molecular weight is 423 g/mol. The van der Waals surface area contributed by atoms with Crippen molar-refractivity contribution >= 4 is 11.9 Å². The van der Waals surface area contributed by atoms with Crippen molar-refractivity contribution in [2.45, 2.75) is 26.3 Å². The molecule has 0 bridgehead atoms. The number of carbonyl (C=O) groups excluding carboxylic acids is 2. The summed E-state index contributed by atoms with van der Waals surface area (Å²) < 4.78 is 15.4. The third-order valence-electron chi connectivity index (χ3n) is 4.66. The van der Waals surface area contributed by atoms with Crippen LogP contribution in [0.4, 0.5) is 0 Å². The summed E-state index contributed by atoms with van der Waals surface area (Å²) in [5.41, 5.74) is 2.20. The molecule has 31 heavy (non-hydrogen) atoms. The summed E-state index contributed by atoms with van der Waals surface area (Å²) in [6, 6.07) is 14.4. The van der Waals surface area contributed by atoms with E-state index in [1.807, 2.05) is 31.2 Å². The summed E-state index contributed by atoms with van der Waals surface area (Å²) in [6.07, 6.45) is 0.607. The molecule has 0 aliphatic carbocycles. The van der Waals surface area contributed by atoms with Gasteiger partial charge in [-0.05, 0) is 48.9 Å². The third kappa shape index (κ3) is 5.91. The SMILES string of the molecule is CCOc1ccc(-c2noc(CCC(=O)N(C)Cc3ccc(C(=O)OC)cc3)n2)cc1. The van der Waals surface area contributed by atoms with E-state index >= 15 is 0 Å². The number of aryl methyl sites for hydroxylation is 1. The second kappa shape index (κ2) is 10.4. The maximum atomic E-state index is 12.5. The normalized spacial score (nSPS) is 10.5. The first kappa shape index (κ1) is 22.0. The Bertz CT molecular complexity index is 1010. The molecule has 1 heterocycles. The van der Waals surface area contributed by atoms with E-state index in [1.54, 1.807) is 36.2 Å². The minimum absolute atomic E-state index is 0.0436. The van der Waals surface area contributed by atoms with E-state index in [0.717, 1.165) is 16.9 Å². The molecule has 3 rings (SSSR count). The number of hydrogen-bond donors (Lipinski definition) is 0. The number of esters is 1. The summed E-state index contributed by atoms with van der Waals surface area (Å²) in [6.45, 7) is 2.97. The number of ether oxygens (including phenoxy) is 2. The number of aromatic nitrogens is 2. The van der Waals surface area contributed by atoms with Gasteiger partial charge in [-0.15, -0.1) is 0 Å². The molecule has 8 heteroatoms. The Kier molecular flexibility index (Phi) is 7.37. The molecule has 0 N–H and O–H groups in total. The molecule has 1 amide bonds. The van der Waals surface area contributed by atoms with Gasteiger partial charge in [0, 0.05) is 32.0 Å². The number of carbonyl (C=O) groups is 2. The van der Waals surface area contributed by atoms with Crippen LogP contribution in [0.5, 0.6) is 5.75 Å². The molecule has 0 radical (unpaired) electrons. The molecule has 1 aromatic heterocycles. The molecule has 0 aliphatic rings. The molecular weight excluding hydrogens is 398 g/mol. The first-order valence-electron chi connectivity index (χ1n) is 9.97. The van der Waals surface area contributed by atoms with Crippen molar-refractivity contribution in [2.75, 3.05) is 20.8 Å². The molecule has 2 aromatic carbocycles. The summed E-state index contributed by atoms with van der Waals surface area (Å²) in [7, 11) is 3.07. The molecule has 8 nitrogen and oxygen atoms in total. The zero-order chi connectivity index (χ0) is 22.2. The molecule has 3 aromatic rings. The first-order chi connectivity index (χ1) is 15.0. The zero-order valence-electron chi connectivity index (χ0n) is 17.8. The number of amides is 1. The molecule has 0 fully saturated rings. The van der Waals surface area contributed by atoms with E-state index in [9.17, 15) is 9.59 Å². The van der Waals surface area contributed by atoms with Gasteiger partial charge >= 0.3 is 5.97 Å². The van der Waals surface area contributed by atoms with Crippen LogP contribution >= 0.6 is 0 Å². The van der Waals surface area contributed by atoms with Crippen LogP contribution in [-0.4, -0.2) is 47.7 Å². The van der Waals surface area contributed by atoms with E-state index in [-0.39, 0.29) is 18.3 Å². The standard InChI is InChI=1S/C23H25N3O5/c1-4-30-19-11-9-17(10-12-19)22-24-20(31-25-22)13-14-21(27)26(2)15-16-5-7-18(8-6-16)23(28)29-3/h5-12H,4,13-15H2,1-3H3. The molecule has 0 atom stereocenters. The van der Waals surface area contributed by atoms with Gasteiger partial charge in [-0.2, -0.15) is 4.98 Å². The lowest BCUT2D eigenvalue weighted by Crippen LogP contribution is -2.26. The molecular formula is C23H25N3O5. The minimum atomic E-state index is -0.389. The van der Waals surface area contributed by atoms with Crippen molar-refractivity contribution in [1.29, 1.82) is 0 Å². The highest BCUT2D eigenvalue weighted by Gasteiger charge is 2.14. The fraction of sp³-hybridized carbons (Fsp3) is 0.304. The van der Waals surface area contributed by atoms with Crippen molar-refractivity contribution < 1.29 is 23.6 Å². The smallest absolute Gasteiger partial charge is 0.337 e. The van der Waals surface area contributed by atoms with Crippen molar-refractivity contribution in [3.8, 4) is 17.1 Å². The minimum Gasteiger partial charge on any atom is -0.494 e. The predicted octanol–water partition coefficient (Wildman–Crippen LogP) is 3.51.